The Kier molecular flexibility index (Phi) is 8.80. The van der Waals surface area contributed by atoms with Crippen LogP contribution in [0.1, 0.15) is 20.0 Å². The summed E-state index contributed by atoms with van der Waals surface area (Å²) in [5.41, 5.74) is 3.99. The van der Waals surface area contributed by atoms with Crippen LogP contribution in [-0.4, -0.2) is 75.3 Å². The third-order valence-corrected chi connectivity index (χ3v) is 7.65. The van der Waals surface area contributed by atoms with Gasteiger partial charge in [0.15, 0.2) is 0 Å². The molecule has 4 aromatic rings. The van der Waals surface area contributed by atoms with Crippen LogP contribution >= 0.6 is 10.5 Å². The number of pyridine rings is 2. The number of hydrogen-bond acceptors (Lipinski definition) is 7. The Labute approximate surface area is 228 Å². The summed E-state index contributed by atoms with van der Waals surface area (Å²) in [5.74, 6) is 6.24. The molecule has 2 atom stereocenters. The standard InChI is InChI=1S/C29H36N6O2S.H2/c1-30-19-25-5-4-14-34(25)20-24-8-6-22-17-26(9-10-27(22)33-24)37-29-11-7-23(18-31-29)28-12-13-32-35(28)21-36-15-16-38(2)3;/h6-13,17-18,25,30H,2,4-5,14-16,19-21H2,1,3H3;1H/t25?,38-;/m0./s1. The molecule has 0 spiro atoms. The summed E-state index contributed by atoms with van der Waals surface area (Å²) >= 11 is 0. The van der Waals surface area contributed by atoms with E-state index in [4.69, 9.17) is 14.5 Å². The predicted octanol–water partition coefficient (Wildman–Crippen LogP) is 5.02. The third-order valence-electron chi connectivity index (χ3n) is 6.78. The Morgan fingerprint density at radius 1 is 1.18 bits per heavy atom. The zero-order chi connectivity index (χ0) is 26.3. The molecule has 9 heteroatoms. The fourth-order valence-corrected chi connectivity index (χ4v) is 5.22. The maximum absolute atomic E-state index is 6.06. The highest BCUT2D eigenvalue weighted by Gasteiger charge is 2.24. The Morgan fingerprint density at radius 3 is 2.92 bits per heavy atom. The van der Waals surface area contributed by atoms with Gasteiger partial charge in [0.05, 0.1) is 23.5 Å². The minimum absolute atomic E-state index is 0. The van der Waals surface area contributed by atoms with E-state index in [-0.39, 0.29) is 11.9 Å². The smallest absolute Gasteiger partial charge is 0.219 e. The van der Waals surface area contributed by atoms with Crippen LogP contribution in [0.3, 0.4) is 0 Å². The van der Waals surface area contributed by atoms with E-state index in [1.165, 1.54) is 12.8 Å². The molecule has 38 heavy (non-hydrogen) atoms. The molecule has 0 amide bonds. The number of likely N-dealkylation sites (tertiary alicyclic amines) is 1. The van der Waals surface area contributed by atoms with Gasteiger partial charge in [-0.3, -0.25) is 9.88 Å². The summed E-state index contributed by atoms with van der Waals surface area (Å²) in [6, 6.07) is 16.7. The average molecular weight is 535 g/mol. The van der Waals surface area contributed by atoms with E-state index in [1.807, 2.05) is 48.1 Å². The van der Waals surface area contributed by atoms with Gasteiger partial charge in [0.25, 0.3) is 0 Å². The molecule has 0 saturated carbocycles. The molecule has 1 saturated heterocycles. The topological polar surface area (TPSA) is 77.3 Å². The molecule has 0 radical (unpaired) electrons. The molecule has 3 aromatic heterocycles. The van der Waals surface area contributed by atoms with E-state index < -0.39 is 0 Å². The number of nitrogens with zero attached hydrogens (tertiary/aromatic N) is 5. The van der Waals surface area contributed by atoms with Crippen molar-refractivity contribution in [3.05, 3.63) is 66.6 Å². The second-order valence-electron chi connectivity index (χ2n) is 9.71. The van der Waals surface area contributed by atoms with Crippen LogP contribution in [-0.2, 0) is 18.0 Å². The molecule has 8 nitrogen and oxygen atoms in total. The first-order valence-electron chi connectivity index (χ1n) is 13.0. The van der Waals surface area contributed by atoms with Crippen LogP contribution in [0.25, 0.3) is 22.2 Å². The molecule has 1 N–H and O–H groups in total. The van der Waals surface area contributed by atoms with E-state index in [1.54, 1.807) is 12.4 Å². The fraction of sp³-hybridized carbons (Fsp3) is 0.379. The van der Waals surface area contributed by atoms with Gasteiger partial charge in [-0.05, 0) is 69.1 Å². The number of nitrogens with one attached hydrogen (secondary N) is 1. The van der Waals surface area contributed by atoms with Crippen molar-refractivity contribution in [2.75, 3.05) is 38.8 Å². The predicted molar refractivity (Wildman–Crippen MR) is 158 cm³/mol. The highest BCUT2D eigenvalue weighted by Crippen LogP contribution is 2.27. The minimum atomic E-state index is 0. The molecular weight excluding hydrogens is 496 g/mol. The molecule has 1 fully saturated rings. The first-order chi connectivity index (χ1) is 18.6. The molecule has 5 rings (SSSR count). The summed E-state index contributed by atoms with van der Waals surface area (Å²) in [4.78, 5) is 12.0. The molecule has 202 valence electrons. The normalized spacial score (nSPS) is 16.7. The molecule has 0 aliphatic carbocycles. The summed E-state index contributed by atoms with van der Waals surface area (Å²) in [5, 5.41) is 8.75. The van der Waals surface area contributed by atoms with Crippen molar-refractivity contribution < 1.29 is 10.9 Å². The van der Waals surface area contributed by atoms with Gasteiger partial charge in [-0.15, -0.1) is 0 Å². The second-order valence-corrected chi connectivity index (χ2v) is 11.7. The van der Waals surface area contributed by atoms with Gasteiger partial charge in [0, 0.05) is 55.7 Å². The zero-order valence-corrected chi connectivity index (χ0v) is 23.0. The number of hydrogen-bond donors (Lipinski definition) is 1. The summed E-state index contributed by atoms with van der Waals surface area (Å²) in [6.45, 7) is 4.12. The van der Waals surface area contributed by atoms with Crippen LogP contribution < -0.4 is 10.1 Å². The lowest BCUT2D eigenvalue weighted by molar-refractivity contribution is 0.0824. The SMILES string of the molecule is C=[S@@](C)CCOCn1nccc1-c1ccc(Oc2ccc3nc(CN4CCCC4CNC)ccc3c2)nc1.[HH]. The minimum Gasteiger partial charge on any atom is -0.439 e. The quantitative estimate of drug-likeness (QED) is 0.202. The lowest BCUT2D eigenvalue weighted by atomic mass is 10.1. The summed E-state index contributed by atoms with van der Waals surface area (Å²) in [7, 11) is 2.15. The van der Waals surface area contributed by atoms with Crippen molar-refractivity contribution in [2.24, 2.45) is 0 Å². The maximum Gasteiger partial charge on any atom is 0.219 e. The van der Waals surface area contributed by atoms with Gasteiger partial charge in [-0.2, -0.15) is 15.6 Å². The molecular formula is C29H38N6O2S. The monoisotopic (exact) mass is 534 g/mol. The molecule has 1 unspecified atom stereocenters. The number of ether oxygens (including phenoxy) is 2. The van der Waals surface area contributed by atoms with E-state index in [0.717, 1.165) is 59.0 Å². The largest absolute Gasteiger partial charge is 0.439 e. The maximum atomic E-state index is 6.06. The molecule has 1 aliphatic rings. The second kappa shape index (κ2) is 12.6. The third kappa shape index (κ3) is 6.66. The fourth-order valence-electron chi connectivity index (χ4n) is 4.82. The Morgan fingerprint density at radius 2 is 2.11 bits per heavy atom. The number of aromatic nitrogens is 4. The highest BCUT2D eigenvalue weighted by molar-refractivity contribution is 8.13. The number of fused-ring (bicyclic) bond motifs is 1. The van der Waals surface area contributed by atoms with Gasteiger partial charge < -0.3 is 14.8 Å². The van der Waals surface area contributed by atoms with Crippen molar-refractivity contribution in [1.29, 1.82) is 0 Å². The number of rotatable bonds is 12. The number of benzene rings is 1. The van der Waals surface area contributed by atoms with E-state index >= 15 is 0 Å². The first-order valence-corrected chi connectivity index (χ1v) is 15.0. The molecule has 0 bridgehead atoms. The zero-order valence-electron chi connectivity index (χ0n) is 22.2. The van der Waals surface area contributed by atoms with Gasteiger partial charge in [-0.1, -0.05) is 11.9 Å². The van der Waals surface area contributed by atoms with Crippen LogP contribution in [0, 0.1) is 0 Å². The molecule has 1 aliphatic heterocycles. The Balaban J connectivity index is 0.00000353. The van der Waals surface area contributed by atoms with E-state index in [2.05, 4.69) is 44.6 Å². The lowest BCUT2D eigenvalue weighted by Crippen LogP contribution is -2.36. The average Bonchev–Trinajstić information content (AvgIpc) is 3.57. The van der Waals surface area contributed by atoms with E-state index in [9.17, 15) is 0 Å². The highest BCUT2D eigenvalue weighted by atomic mass is 32.2. The van der Waals surface area contributed by atoms with E-state index in [0.29, 0.717) is 25.3 Å². The van der Waals surface area contributed by atoms with Gasteiger partial charge in [0.2, 0.25) is 5.88 Å². The van der Waals surface area contributed by atoms with Crippen molar-refractivity contribution in [3.8, 4) is 22.9 Å². The van der Waals surface area contributed by atoms with Crippen LogP contribution in [0.2, 0.25) is 0 Å². The Hall–Kier alpha value is -3.11. The number of likely N-dealkylation sites (N-methyl/N-ethyl adjacent to an activating group) is 1. The summed E-state index contributed by atoms with van der Waals surface area (Å²) < 4.78 is 13.7. The van der Waals surface area contributed by atoms with Crippen LogP contribution in [0.15, 0.2) is 60.9 Å². The first kappa shape index (κ1) is 26.5. The molecule has 4 heterocycles. The van der Waals surface area contributed by atoms with Crippen molar-refractivity contribution in [2.45, 2.75) is 32.2 Å². The van der Waals surface area contributed by atoms with Crippen molar-refractivity contribution in [1.82, 2.24) is 30.0 Å². The van der Waals surface area contributed by atoms with Crippen LogP contribution in [0.5, 0.6) is 11.6 Å². The van der Waals surface area contributed by atoms with Crippen molar-refractivity contribution >= 4 is 27.3 Å². The van der Waals surface area contributed by atoms with Gasteiger partial charge in [0.1, 0.15) is 12.5 Å². The van der Waals surface area contributed by atoms with Gasteiger partial charge >= 0.3 is 0 Å². The Bertz CT molecular complexity index is 1380. The lowest BCUT2D eigenvalue weighted by Gasteiger charge is -2.23. The van der Waals surface area contributed by atoms with Crippen molar-refractivity contribution in [3.63, 3.8) is 0 Å². The van der Waals surface area contributed by atoms with Gasteiger partial charge in [-0.25, -0.2) is 9.67 Å². The molecule has 1 aromatic carbocycles. The summed E-state index contributed by atoms with van der Waals surface area (Å²) in [6.07, 6.45) is 8.19. The van der Waals surface area contributed by atoms with Crippen LogP contribution in [0.4, 0.5) is 0 Å².